The Morgan fingerprint density at radius 3 is 2.00 bits per heavy atom. The molecule has 0 aliphatic carbocycles. The molecule has 0 aromatic rings. The molecule has 0 saturated heterocycles. The topological polar surface area (TPSA) is 0 Å². The third-order valence-electron chi connectivity index (χ3n) is 1.34. The first-order valence-electron chi connectivity index (χ1n) is 3.32. The van der Waals surface area contributed by atoms with Crippen LogP contribution < -0.4 is 0 Å². The van der Waals surface area contributed by atoms with Crippen LogP contribution >= 0.6 is 0 Å². The molecular weight excluding hydrogens is 96.1 g/mol. The van der Waals surface area contributed by atoms with Gasteiger partial charge in [-0.3, -0.25) is 0 Å². The summed E-state index contributed by atoms with van der Waals surface area (Å²) in [6.45, 7) is 8.12. The van der Waals surface area contributed by atoms with E-state index >= 15 is 0 Å². The van der Waals surface area contributed by atoms with Gasteiger partial charge in [-0.1, -0.05) is 25.5 Å². The van der Waals surface area contributed by atoms with Crippen molar-refractivity contribution in [3.63, 3.8) is 0 Å². The number of rotatable bonds is 3. The molecule has 0 amide bonds. The molecule has 0 unspecified atom stereocenters. The van der Waals surface area contributed by atoms with Gasteiger partial charge in [0.15, 0.2) is 0 Å². The van der Waals surface area contributed by atoms with Crippen LogP contribution in [-0.4, -0.2) is 0 Å². The largest absolute Gasteiger partial charge is 0.0854 e. The lowest BCUT2D eigenvalue weighted by molar-refractivity contribution is 0.964. The second-order valence-electron chi connectivity index (χ2n) is 1.86. The maximum atomic E-state index is 3.74. The zero-order valence-electron chi connectivity index (χ0n) is 5.91. The predicted octanol–water partition coefficient (Wildman–Crippen LogP) is 2.96. The van der Waals surface area contributed by atoms with Crippen molar-refractivity contribution >= 4 is 0 Å². The molecule has 0 aromatic carbocycles. The lowest BCUT2D eigenvalue weighted by Crippen LogP contribution is -1.75. The number of hydrogen-bond donors (Lipinski definition) is 0. The summed E-state index contributed by atoms with van der Waals surface area (Å²) in [6.07, 6.45) is 5.52. The molecule has 0 aromatic heterocycles. The molecule has 0 aliphatic heterocycles. The summed E-state index contributed by atoms with van der Waals surface area (Å²) >= 11 is 0. The van der Waals surface area contributed by atoms with Crippen LogP contribution in [0.2, 0.25) is 0 Å². The van der Waals surface area contributed by atoms with E-state index in [1.165, 1.54) is 18.4 Å². The molecule has 0 saturated carbocycles. The van der Waals surface area contributed by atoms with Gasteiger partial charge in [-0.15, -0.1) is 0 Å². The molecule has 0 heteroatoms. The minimum absolute atomic E-state index is 0.941. The highest BCUT2D eigenvalue weighted by Gasteiger charge is 1.84. The monoisotopic (exact) mass is 111 g/mol. The molecule has 0 heterocycles. The maximum absolute atomic E-state index is 3.74. The molecule has 0 N–H and O–H groups in total. The van der Waals surface area contributed by atoms with Crippen molar-refractivity contribution in [1.82, 2.24) is 0 Å². The van der Waals surface area contributed by atoms with Crippen LogP contribution in [0.25, 0.3) is 0 Å². The van der Waals surface area contributed by atoms with Gasteiger partial charge in [0.1, 0.15) is 0 Å². The fraction of sp³-hybridized carbons (Fsp3) is 0.625. The van der Waals surface area contributed by atoms with Gasteiger partial charge in [0.2, 0.25) is 0 Å². The highest BCUT2D eigenvalue weighted by Crippen LogP contribution is 2.05. The SMILES string of the molecule is [CH2]CC=C(CC)CC. The molecule has 0 fully saturated rings. The van der Waals surface area contributed by atoms with Crippen molar-refractivity contribution in [1.29, 1.82) is 0 Å². The standard InChI is InChI=1S/C8H15/c1-4-7-8(5-2)6-3/h7H,1,4-6H2,2-3H3. The first-order valence-corrected chi connectivity index (χ1v) is 3.32. The van der Waals surface area contributed by atoms with E-state index < -0.39 is 0 Å². The molecular formula is C8H15. The van der Waals surface area contributed by atoms with Crippen molar-refractivity contribution in [3.05, 3.63) is 18.6 Å². The molecule has 0 rings (SSSR count). The Labute approximate surface area is 52.6 Å². The smallest absolute Gasteiger partial charge is 0.0348 e. The summed E-state index contributed by atoms with van der Waals surface area (Å²) < 4.78 is 0. The fourth-order valence-corrected chi connectivity index (χ4v) is 0.743. The molecule has 0 nitrogen and oxygen atoms in total. The van der Waals surface area contributed by atoms with Gasteiger partial charge in [0.25, 0.3) is 0 Å². The predicted molar refractivity (Wildman–Crippen MR) is 38.6 cm³/mol. The van der Waals surface area contributed by atoms with Gasteiger partial charge >= 0.3 is 0 Å². The summed E-state index contributed by atoms with van der Waals surface area (Å²) in [4.78, 5) is 0. The first kappa shape index (κ1) is 7.74. The molecule has 0 spiro atoms. The van der Waals surface area contributed by atoms with Gasteiger partial charge in [-0.2, -0.15) is 0 Å². The average molecular weight is 111 g/mol. The molecule has 0 aliphatic rings. The molecule has 0 atom stereocenters. The van der Waals surface area contributed by atoms with Crippen LogP contribution in [0, 0.1) is 6.92 Å². The van der Waals surface area contributed by atoms with Crippen molar-refractivity contribution in [3.8, 4) is 0 Å². The first-order chi connectivity index (χ1) is 3.85. The van der Waals surface area contributed by atoms with Crippen molar-refractivity contribution in [2.75, 3.05) is 0 Å². The van der Waals surface area contributed by atoms with E-state index in [1.807, 2.05) is 0 Å². The van der Waals surface area contributed by atoms with E-state index in [4.69, 9.17) is 0 Å². The lowest BCUT2D eigenvalue weighted by atomic mass is 10.1. The quantitative estimate of drug-likeness (QED) is 0.491. The summed E-state index contributed by atoms with van der Waals surface area (Å²) in [7, 11) is 0. The fourth-order valence-electron chi connectivity index (χ4n) is 0.743. The number of allylic oxidation sites excluding steroid dienone is 2. The van der Waals surface area contributed by atoms with Gasteiger partial charge in [-0.05, 0) is 26.2 Å². The normalized spacial score (nSPS) is 8.88. The van der Waals surface area contributed by atoms with E-state index in [0.29, 0.717) is 0 Å². The van der Waals surface area contributed by atoms with Gasteiger partial charge in [0, 0.05) is 0 Å². The Morgan fingerprint density at radius 2 is 1.88 bits per heavy atom. The van der Waals surface area contributed by atoms with E-state index in [-0.39, 0.29) is 0 Å². The van der Waals surface area contributed by atoms with Gasteiger partial charge in [-0.25, -0.2) is 0 Å². The van der Waals surface area contributed by atoms with E-state index in [2.05, 4.69) is 26.8 Å². The third-order valence-corrected chi connectivity index (χ3v) is 1.34. The van der Waals surface area contributed by atoms with E-state index in [0.717, 1.165) is 6.42 Å². The minimum Gasteiger partial charge on any atom is -0.0854 e. The Hall–Kier alpha value is -0.260. The van der Waals surface area contributed by atoms with Crippen LogP contribution in [-0.2, 0) is 0 Å². The highest BCUT2D eigenvalue weighted by molar-refractivity contribution is 5.00. The van der Waals surface area contributed by atoms with Crippen LogP contribution in [0.4, 0.5) is 0 Å². The minimum atomic E-state index is 0.941. The Balaban J connectivity index is 3.49. The van der Waals surface area contributed by atoms with E-state index in [9.17, 15) is 0 Å². The van der Waals surface area contributed by atoms with Crippen LogP contribution in [0.15, 0.2) is 11.6 Å². The van der Waals surface area contributed by atoms with Crippen LogP contribution in [0.5, 0.6) is 0 Å². The second-order valence-corrected chi connectivity index (χ2v) is 1.86. The Morgan fingerprint density at radius 1 is 1.38 bits per heavy atom. The molecule has 47 valence electrons. The summed E-state index contributed by atoms with van der Waals surface area (Å²) in [5.41, 5.74) is 1.53. The molecule has 0 bridgehead atoms. The van der Waals surface area contributed by atoms with Crippen molar-refractivity contribution in [2.24, 2.45) is 0 Å². The Kier molecular flexibility index (Phi) is 4.73. The van der Waals surface area contributed by atoms with Crippen LogP contribution in [0.1, 0.15) is 33.1 Å². The molecule has 1 radical (unpaired) electrons. The second kappa shape index (κ2) is 4.89. The lowest BCUT2D eigenvalue weighted by Gasteiger charge is -1.95. The van der Waals surface area contributed by atoms with Gasteiger partial charge in [0.05, 0.1) is 0 Å². The summed E-state index contributed by atoms with van der Waals surface area (Å²) in [6, 6.07) is 0. The highest BCUT2D eigenvalue weighted by atomic mass is 13.9. The zero-order valence-corrected chi connectivity index (χ0v) is 5.91. The van der Waals surface area contributed by atoms with Crippen molar-refractivity contribution < 1.29 is 0 Å². The summed E-state index contributed by atoms with van der Waals surface area (Å²) in [5, 5.41) is 0. The maximum Gasteiger partial charge on any atom is -0.0348 e. The third kappa shape index (κ3) is 2.84. The zero-order chi connectivity index (χ0) is 6.41. The van der Waals surface area contributed by atoms with Gasteiger partial charge < -0.3 is 0 Å². The average Bonchev–Trinajstić information content (AvgIpc) is 1.83. The van der Waals surface area contributed by atoms with E-state index in [1.54, 1.807) is 0 Å². The molecule has 8 heavy (non-hydrogen) atoms. The Bertz CT molecular complexity index is 64.1. The van der Waals surface area contributed by atoms with Crippen molar-refractivity contribution in [2.45, 2.75) is 33.1 Å². The van der Waals surface area contributed by atoms with Crippen LogP contribution in [0.3, 0.4) is 0 Å². The number of hydrogen-bond acceptors (Lipinski definition) is 0. The summed E-state index contributed by atoms with van der Waals surface area (Å²) in [5.74, 6) is 0.